The highest BCUT2D eigenvalue weighted by Gasteiger charge is 2.34. The van der Waals surface area contributed by atoms with Gasteiger partial charge in [-0.2, -0.15) is 0 Å². The van der Waals surface area contributed by atoms with Crippen molar-refractivity contribution in [1.29, 1.82) is 0 Å². The molecular formula is C9H16O3. The van der Waals surface area contributed by atoms with Crippen LogP contribution in [0.15, 0.2) is 0 Å². The number of carbonyl (C=O) groups excluding carboxylic acids is 1. The Labute approximate surface area is 72.7 Å². The fraction of sp³-hybridized carbons (Fsp3) is 0.889. The molecule has 12 heavy (non-hydrogen) atoms. The van der Waals surface area contributed by atoms with Gasteiger partial charge in [0.25, 0.3) is 0 Å². The summed E-state index contributed by atoms with van der Waals surface area (Å²) in [5.74, 6) is 0.595. The number of aliphatic hydroxyl groups excluding tert-OH is 1. The highest BCUT2D eigenvalue weighted by molar-refractivity contribution is 5.73. The van der Waals surface area contributed by atoms with Gasteiger partial charge in [0.1, 0.15) is 0 Å². The number of carbonyl (C=O) groups is 1. The van der Waals surface area contributed by atoms with Crippen LogP contribution in [-0.2, 0) is 9.53 Å². The van der Waals surface area contributed by atoms with E-state index >= 15 is 0 Å². The van der Waals surface area contributed by atoms with Gasteiger partial charge in [0.2, 0.25) is 0 Å². The van der Waals surface area contributed by atoms with Gasteiger partial charge < -0.3 is 9.84 Å². The fourth-order valence-electron chi connectivity index (χ4n) is 1.61. The molecule has 0 atom stereocenters. The van der Waals surface area contributed by atoms with E-state index < -0.39 is 0 Å². The Kier molecular flexibility index (Phi) is 3.53. The molecule has 1 aliphatic carbocycles. The van der Waals surface area contributed by atoms with Crippen molar-refractivity contribution in [2.45, 2.75) is 26.2 Å². The highest BCUT2D eigenvalue weighted by atomic mass is 16.5. The van der Waals surface area contributed by atoms with Crippen LogP contribution in [0.5, 0.6) is 0 Å². The molecule has 0 radical (unpaired) electrons. The van der Waals surface area contributed by atoms with E-state index in [4.69, 9.17) is 9.84 Å². The van der Waals surface area contributed by atoms with Crippen LogP contribution in [0.4, 0.5) is 0 Å². The van der Waals surface area contributed by atoms with E-state index in [1.165, 1.54) is 0 Å². The van der Waals surface area contributed by atoms with Crippen molar-refractivity contribution in [3.05, 3.63) is 0 Å². The molecule has 1 aliphatic rings. The Hall–Kier alpha value is -0.570. The van der Waals surface area contributed by atoms with Crippen molar-refractivity contribution in [3.8, 4) is 0 Å². The summed E-state index contributed by atoms with van der Waals surface area (Å²) in [4.78, 5) is 11.1. The summed E-state index contributed by atoms with van der Waals surface area (Å²) >= 11 is 0. The van der Waals surface area contributed by atoms with Crippen LogP contribution in [0.2, 0.25) is 0 Å². The third kappa shape index (κ3) is 2.21. The van der Waals surface area contributed by atoms with Gasteiger partial charge in [-0.05, 0) is 32.1 Å². The molecule has 0 aliphatic heterocycles. The monoisotopic (exact) mass is 172 g/mol. The quantitative estimate of drug-likeness (QED) is 0.642. The zero-order valence-electron chi connectivity index (χ0n) is 7.45. The molecule has 3 nitrogen and oxygen atoms in total. The third-order valence-corrected chi connectivity index (χ3v) is 2.39. The summed E-state index contributed by atoms with van der Waals surface area (Å²) in [5, 5.41) is 8.61. The predicted molar refractivity (Wildman–Crippen MR) is 44.5 cm³/mol. The lowest BCUT2D eigenvalue weighted by atomic mass is 9.73. The van der Waals surface area contributed by atoms with Crippen LogP contribution < -0.4 is 0 Å². The summed E-state index contributed by atoms with van der Waals surface area (Å²) in [6.45, 7) is 2.53. The van der Waals surface area contributed by atoms with Crippen LogP contribution in [-0.4, -0.2) is 24.3 Å². The first-order valence-electron chi connectivity index (χ1n) is 4.55. The molecule has 0 aromatic carbocycles. The number of rotatable bonds is 4. The largest absolute Gasteiger partial charge is 0.466 e. The molecule has 0 aromatic heterocycles. The van der Waals surface area contributed by atoms with E-state index in [9.17, 15) is 4.79 Å². The average Bonchev–Trinajstić information content (AvgIpc) is 1.96. The topological polar surface area (TPSA) is 46.5 Å². The maximum absolute atomic E-state index is 11.1. The average molecular weight is 172 g/mol. The van der Waals surface area contributed by atoms with E-state index in [0.717, 1.165) is 19.3 Å². The lowest BCUT2D eigenvalue weighted by molar-refractivity contribution is -0.153. The first kappa shape index (κ1) is 9.52. The summed E-state index contributed by atoms with van der Waals surface area (Å²) in [7, 11) is 0. The van der Waals surface area contributed by atoms with Gasteiger partial charge in [0.05, 0.1) is 12.5 Å². The minimum atomic E-state index is -0.0633. The summed E-state index contributed by atoms with van der Waals surface area (Å²) in [6, 6.07) is 0. The molecule has 0 aromatic rings. The summed E-state index contributed by atoms with van der Waals surface area (Å²) < 4.78 is 4.87. The first-order valence-corrected chi connectivity index (χ1v) is 4.55. The SMILES string of the molecule is CCOC(=O)C1CC(CCO)C1. The molecule has 1 N–H and O–H groups in total. The van der Waals surface area contributed by atoms with E-state index in [0.29, 0.717) is 12.5 Å². The van der Waals surface area contributed by atoms with E-state index in [1.54, 1.807) is 0 Å². The highest BCUT2D eigenvalue weighted by Crippen LogP contribution is 2.36. The molecule has 1 rings (SSSR count). The number of hydrogen-bond acceptors (Lipinski definition) is 3. The Bertz CT molecular complexity index is 150. The van der Waals surface area contributed by atoms with Crippen LogP contribution in [0.1, 0.15) is 26.2 Å². The molecule has 70 valence electrons. The van der Waals surface area contributed by atoms with Gasteiger partial charge in [-0.3, -0.25) is 4.79 Å². The van der Waals surface area contributed by atoms with Gasteiger partial charge in [0.15, 0.2) is 0 Å². The Morgan fingerprint density at radius 3 is 2.75 bits per heavy atom. The maximum Gasteiger partial charge on any atom is 0.308 e. The fourth-order valence-corrected chi connectivity index (χ4v) is 1.61. The minimum absolute atomic E-state index is 0.0633. The van der Waals surface area contributed by atoms with Crippen LogP contribution in [0.3, 0.4) is 0 Å². The van der Waals surface area contributed by atoms with Crippen LogP contribution in [0, 0.1) is 11.8 Å². The van der Waals surface area contributed by atoms with Gasteiger partial charge >= 0.3 is 5.97 Å². The molecule has 0 unspecified atom stereocenters. The van der Waals surface area contributed by atoms with Gasteiger partial charge in [-0.25, -0.2) is 0 Å². The second-order valence-corrected chi connectivity index (χ2v) is 3.30. The zero-order chi connectivity index (χ0) is 8.97. The number of hydrogen-bond donors (Lipinski definition) is 1. The molecule has 1 saturated carbocycles. The van der Waals surface area contributed by atoms with Gasteiger partial charge in [0, 0.05) is 6.61 Å². The molecule has 3 heteroatoms. The van der Waals surface area contributed by atoms with Crippen molar-refractivity contribution >= 4 is 5.97 Å². The lowest BCUT2D eigenvalue weighted by Gasteiger charge is -2.32. The van der Waals surface area contributed by atoms with Gasteiger partial charge in [-0.15, -0.1) is 0 Å². The molecule has 0 saturated heterocycles. The molecule has 0 spiro atoms. The maximum atomic E-state index is 11.1. The Balaban J connectivity index is 2.12. The van der Waals surface area contributed by atoms with Crippen LogP contribution >= 0.6 is 0 Å². The number of aliphatic hydroxyl groups is 1. The Morgan fingerprint density at radius 1 is 1.58 bits per heavy atom. The third-order valence-electron chi connectivity index (χ3n) is 2.39. The van der Waals surface area contributed by atoms with Crippen molar-refractivity contribution in [3.63, 3.8) is 0 Å². The molecule has 0 bridgehead atoms. The number of esters is 1. The van der Waals surface area contributed by atoms with E-state index in [-0.39, 0.29) is 18.5 Å². The standard InChI is InChI=1S/C9H16O3/c1-2-12-9(11)8-5-7(6-8)3-4-10/h7-8,10H,2-6H2,1H3. The second-order valence-electron chi connectivity index (χ2n) is 3.30. The predicted octanol–water partition coefficient (Wildman–Crippen LogP) is 0.958. The van der Waals surface area contributed by atoms with E-state index in [1.807, 2.05) is 6.92 Å². The minimum Gasteiger partial charge on any atom is -0.466 e. The molecule has 0 heterocycles. The summed E-state index contributed by atoms with van der Waals surface area (Å²) in [5.41, 5.74) is 0. The number of ether oxygens (including phenoxy) is 1. The van der Waals surface area contributed by atoms with Crippen molar-refractivity contribution < 1.29 is 14.6 Å². The Morgan fingerprint density at radius 2 is 2.25 bits per heavy atom. The normalized spacial score (nSPS) is 27.8. The van der Waals surface area contributed by atoms with Crippen molar-refractivity contribution in [2.75, 3.05) is 13.2 Å². The van der Waals surface area contributed by atoms with Crippen molar-refractivity contribution in [1.82, 2.24) is 0 Å². The first-order chi connectivity index (χ1) is 5.77. The van der Waals surface area contributed by atoms with E-state index in [2.05, 4.69) is 0 Å². The molecular weight excluding hydrogens is 156 g/mol. The van der Waals surface area contributed by atoms with Crippen molar-refractivity contribution in [2.24, 2.45) is 11.8 Å². The second kappa shape index (κ2) is 4.45. The van der Waals surface area contributed by atoms with Crippen LogP contribution in [0.25, 0.3) is 0 Å². The molecule has 1 fully saturated rings. The smallest absolute Gasteiger partial charge is 0.308 e. The van der Waals surface area contributed by atoms with Gasteiger partial charge in [-0.1, -0.05) is 0 Å². The lowest BCUT2D eigenvalue weighted by Crippen LogP contribution is -2.32. The summed E-state index contributed by atoms with van der Waals surface area (Å²) in [6.07, 6.45) is 2.63. The molecule has 0 amide bonds. The zero-order valence-corrected chi connectivity index (χ0v) is 7.45.